The van der Waals surface area contributed by atoms with E-state index in [9.17, 15) is 22.8 Å². The van der Waals surface area contributed by atoms with E-state index < -0.39 is 40.3 Å². The van der Waals surface area contributed by atoms with Crippen molar-refractivity contribution in [2.75, 3.05) is 23.9 Å². The van der Waals surface area contributed by atoms with Crippen LogP contribution >= 0.6 is 0 Å². The second-order valence-corrected chi connectivity index (χ2v) is 8.02. The van der Waals surface area contributed by atoms with Crippen LogP contribution in [0.3, 0.4) is 0 Å². The maximum Gasteiger partial charge on any atom is 0.325 e. The Morgan fingerprint density at radius 3 is 2.67 bits per heavy atom. The highest BCUT2D eigenvalue weighted by Gasteiger charge is 2.39. The molecular weight excluding hydrogens is 334 g/mol. The molecule has 1 atom stereocenters. The molecule has 2 rings (SSSR count). The lowest BCUT2D eigenvalue weighted by molar-refractivity contribution is -0.130. The first kappa shape index (κ1) is 17.9. The molecule has 1 unspecified atom stereocenters. The molecule has 0 aromatic heterocycles. The van der Waals surface area contributed by atoms with Crippen molar-refractivity contribution >= 4 is 33.4 Å². The van der Waals surface area contributed by atoms with Crippen molar-refractivity contribution in [1.82, 2.24) is 10.2 Å². The van der Waals surface area contributed by atoms with Crippen LogP contribution in [0.2, 0.25) is 0 Å². The fourth-order valence-electron chi connectivity index (χ4n) is 2.32. The Bertz CT molecular complexity index is 775. The summed E-state index contributed by atoms with van der Waals surface area (Å²) in [6.07, 6.45) is 1.04. The maximum atomic E-state index is 12.1. The number of rotatable bonds is 6. The van der Waals surface area contributed by atoms with Gasteiger partial charge in [-0.15, -0.1) is 0 Å². The van der Waals surface area contributed by atoms with Gasteiger partial charge in [0.15, 0.2) is 0 Å². The van der Waals surface area contributed by atoms with E-state index >= 15 is 0 Å². The Morgan fingerprint density at radius 1 is 1.33 bits per heavy atom. The molecule has 0 radical (unpaired) electrons. The number of carbonyl (C=O) groups is 3. The summed E-state index contributed by atoms with van der Waals surface area (Å²) >= 11 is 0. The highest BCUT2D eigenvalue weighted by Crippen LogP contribution is 2.12. The highest BCUT2D eigenvalue weighted by molar-refractivity contribution is 7.90. The Labute approximate surface area is 140 Å². The second-order valence-electron chi connectivity index (χ2n) is 5.76. The molecule has 0 saturated carbocycles. The SMILES string of the molecule is Cc1cccc(NC(=O)CN2C(=O)NC(CCS(C)(=O)=O)C2=O)c1. The van der Waals surface area contributed by atoms with E-state index in [1.807, 2.05) is 13.0 Å². The molecule has 1 aromatic rings. The summed E-state index contributed by atoms with van der Waals surface area (Å²) in [7, 11) is -3.24. The minimum absolute atomic E-state index is 0.0145. The van der Waals surface area contributed by atoms with Gasteiger partial charge in [-0.1, -0.05) is 12.1 Å². The Balaban J connectivity index is 1.95. The van der Waals surface area contributed by atoms with Crippen molar-refractivity contribution < 1.29 is 22.8 Å². The van der Waals surface area contributed by atoms with Crippen molar-refractivity contribution in [3.63, 3.8) is 0 Å². The van der Waals surface area contributed by atoms with Gasteiger partial charge >= 0.3 is 6.03 Å². The van der Waals surface area contributed by atoms with Gasteiger partial charge in [-0.3, -0.25) is 14.5 Å². The zero-order valence-electron chi connectivity index (χ0n) is 13.4. The number of nitrogens with zero attached hydrogens (tertiary/aromatic N) is 1. The number of imide groups is 1. The Kier molecular flexibility index (Phi) is 5.23. The zero-order valence-corrected chi connectivity index (χ0v) is 14.2. The van der Waals surface area contributed by atoms with Gasteiger partial charge in [0.2, 0.25) is 5.91 Å². The molecule has 4 amide bonds. The van der Waals surface area contributed by atoms with Gasteiger partial charge in [-0.05, 0) is 31.0 Å². The first-order valence-electron chi connectivity index (χ1n) is 7.32. The lowest BCUT2D eigenvalue weighted by atomic mass is 10.2. The van der Waals surface area contributed by atoms with Gasteiger partial charge < -0.3 is 10.6 Å². The van der Waals surface area contributed by atoms with E-state index in [2.05, 4.69) is 10.6 Å². The number of sulfone groups is 1. The standard InChI is InChI=1S/C15H19N3O5S/c1-10-4-3-5-11(8-10)16-13(19)9-18-14(20)12(17-15(18)21)6-7-24(2,22)23/h3-5,8,12H,6-7,9H2,1-2H3,(H,16,19)(H,17,21). The van der Waals surface area contributed by atoms with Gasteiger partial charge in [0, 0.05) is 11.9 Å². The lowest BCUT2D eigenvalue weighted by Crippen LogP contribution is -2.38. The zero-order chi connectivity index (χ0) is 17.9. The van der Waals surface area contributed by atoms with Crippen LogP contribution in [0.5, 0.6) is 0 Å². The van der Waals surface area contributed by atoms with Crippen molar-refractivity contribution in [2.24, 2.45) is 0 Å². The van der Waals surface area contributed by atoms with Crippen LogP contribution in [0, 0.1) is 6.92 Å². The van der Waals surface area contributed by atoms with E-state index in [0.717, 1.165) is 16.7 Å². The highest BCUT2D eigenvalue weighted by atomic mass is 32.2. The van der Waals surface area contributed by atoms with E-state index in [0.29, 0.717) is 5.69 Å². The summed E-state index contributed by atoms with van der Waals surface area (Å²) in [5.41, 5.74) is 1.53. The topological polar surface area (TPSA) is 113 Å². The van der Waals surface area contributed by atoms with Crippen molar-refractivity contribution in [1.29, 1.82) is 0 Å². The van der Waals surface area contributed by atoms with Crippen molar-refractivity contribution in [3.8, 4) is 0 Å². The average molecular weight is 353 g/mol. The van der Waals surface area contributed by atoms with Gasteiger partial charge in [0.25, 0.3) is 5.91 Å². The molecule has 9 heteroatoms. The molecule has 1 aromatic carbocycles. The second kappa shape index (κ2) is 7.00. The number of benzene rings is 1. The summed E-state index contributed by atoms with van der Waals surface area (Å²) < 4.78 is 22.3. The number of aryl methyl sites for hydroxylation is 1. The number of urea groups is 1. The van der Waals surface area contributed by atoms with Crippen molar-refractivity contribution in [3.05, 3.63) is 29.8 Å². The van der Waals surface area contributed by atoms with E-state index in [1.165, 1.54) is 0 Å². The summed E-state index contributed by atoms with van der Waals surface area (Å²) in [5.74, 6) is -1.32. The summed E-state index contributed by atoms with van der Waals surface area (Å²) in [6, 6.07) is 5.50. The molecule has 1 aliphatic rings. The number of amides is 4. The first-order valence-corrected chi connectivity index (χ1v) is 9.38. The predicted molar refractivity (Wildman–Crippen MR) is 88.2 cm³/mol. The normalized spacial score (nSPS) is 17.8. The molecule has 1 heterocycles. The van der Waals surface area contributed by atoms with Crippen LogP contribution in [-0.2, 0) is 19.4 Å². The lowest BCUT2D eigenvalue weighted by Gasteiger charge is -2.13. The minimum Gasteiger partial charge on any atom is -0.326 e. The first-order chi connectivity index (χ1) is 11.2. The third kappa shape index (κ3) is 4.79. The smallest absolute Gasteiger partial charge is 0.325 e. The quantitative estimate of drug-likeness (QED) is 0.714. The Morgan fingerprint density at radius 2 is 2.04 bits per heavy atom. The van der Waals surface area contributed by atoms with Crippen LogP contribution < -0.4 is 10.6 Å². The molecule has 2 N–H and O–H groups in total. The molecule has 0 bridgehead atoms. The van der Waals surface area contributed by atoms with Gasteiger partial charge in [-0.25, -0.2) is 13.2 Å². The number of anilines is 1. The van der Waals surface area contributed by atoms with E-state index in [-0.39, 0.29) is 12.2 Å². The third-order valence-corrected chi connectivity index (χ3v) is 4.47. The molecule has 24 heavy (non-hydrogen) atoms. The summed E-state index contributed by atoms with van der Waals surface area (Å²) in [4.78, 5) is 36.8. The fraction of sp³-hybridized carbons (Fsp3) is 0.400. The van der Waals surface area contributed by atoms with Crippen LogP contribution in [0.15, 0.2) is 24.3 Å². The molecule has 0 spiro atoms. The monoisotopic (exact) mass is 353 g/mol. The third-order valence-electron chi connectivity index (χ3n) is 3.49. The van der Waals surface area contributed by atoms with Crippen LogP contribution in [0.25, 0.3) is 0 Å². The number of hydrogen-bond donors (Lipinski definition) is 2. The predicted octanol–water partition coefficient (Wildman–Crippen LogP) is 0.289. The average Bonchev–Trinajstić information content (AvgIpc) is 2.72. The Hall–Kier alpha value is -2.42. The molecular formula is C15H19N3O5S. The number of carbonyl (C=O) groups excluding carboxylic acids is 3. The largest absolute Gasteiger partial charge is 0.326 e. The number of nitrogens with one attached hydrogen (secondary N) is 2. The molecule has 1 fully saturated rings. The minimum atomic E-state index is -3.24. The number of hydrogen-bond acceptors (Lipinski definition) is 5. The molecule has 8 nitrogen and oxygen atoms in total. The van der Waals surface area contributed by atoms with E-state index in [4.69, 9.17) is 0 Å². The molecule has 0 aliphatic carbocycles. The summed E-state index contributed by atoms with van der Waals surface area (Å²) in [6.45, 7) is 1.45. The maximum absolute atomic E-state index is 12.1. The van der Waals surface area contributed by atoms with Crippen LogP contribution in [0.4, 0.5) is 10.5 Å². The van der Waals surface area contributed by atoms with Gasteiger partial charge in [0.05, 0.1) is 5.75 Å². The molecule has 130 valence electrons. The molecule has 1 aliphatic heterocycles. The van der Waals surface area contributed by atoms with E-state index in [1.54, 1.807) is 18.2 Å². The summed E-state index contributed by atoms with van der Waals surface area (Å²) in [5, 5.41) is 5.01. The van der Waals surface area contributed by atoms with Crippen LogP contribution in [-0.4, -0.2) is 55.8 Å². The van der Waals surface area contributed by atoms with Gasteiger partial charge in [-0.2, -0.15) is 0 Å². The van der Waals surface area contributed by atoms with Gasteiger partial charge in [0.1, 0.15) is 22.4 Å². The van der Waals surface area contributed by atoms with Crippen molar-refractivity contribution in [2.45, 2.75) is 19.4 Å². The fourth-order valence-corrected chi connectivity index (χ4v) is 2.98. The van der Waals surface area contributed by atoms with Crippen LogP contribution in [0.1, 0.15) is 12.0 Å². The molecule has 1 saturated heterocycles.